The lowest BCUT2D eigenvalue weighted by Crippen LogP contribution is -2.47. The lowest BCUT2D eigenvalue weighted by Gasteiger charge is -2.37. The van der Waals surface area contributed by atoms with Crippen LogP contribution in [0.3, 0.4) is 0 Å². The highest BCUT2D eigenvalue weighted by Gasteiger charge is 2.33. The molecule has 0 radical (unpaired) electrons. The van der Waals surface area contributed by atoms with E-state index in [-0.39, 0.29) is 17.4 Å². The smallest absolute Gasteiger partial charge is 0.267 e. The molecule has 1 aromatic carbocycles. The van der Waals surface area contributed by atoms with E-state index in [9.17, 15) is 9.59 Å². The van der Waals surface area contributed by atoms with Gasteiger partial charge >= 0.3 is 0 Å². The predicted octanol–water partition coefficient (Wildman–Crippen LogP) is 3.89. The summed E-state index contributed by atoms with van der Waals surface area (Å²) in [4.78, 5) is 38.2. The number of piperazine rings is 1. The van der Waals surface area contributed by atoms with Crippen molar-refractivity contribution in [3.05, 3.63) is 69.5 Å². The largest absolute Gasteiger partial charge is 0.497 e. The molecule has 2 aromatic heterocycles. The van der Waals surface area contributed by atoms with Gasteiger partial charge in [-0.25, -0.2) is 4.98 Å². The van der Waals surface area contributed by atoms with Crippen LogP contribution in [0.5, 0.6) is 5.75 Å². The topological polar surface area (TPSA) is 70.4 Å². The third-order valence-corrected chi connectivity index (χ3v) is 7.84. The van der Waals surface area contributed by atoms with Crippen molar-refractivity contribution in [1.29, 1.82) is 0 Å². The number of hydrogen-bond donors (Lipinski definition) is 0. The van der Waals surface area contributed by atoms with Crippen molar-refractivity contribution in [2.45, 2.75) is 13.8 Å². The van der Waals surface area contributed by atoms with Crippen molar-refractivity contribution in [2.24, 2.45) is 5.92 Å². The number of thiocarbonyl (C=S) groups is 1. The van der Waals surface area contributed by atoms with E-state index in [4.69, 9.17) is 21.9 Å². The average molecular weight is 536 g/mol. The highest BCUT2D eigenvalue weighted by Crippen LogP contribution is 2.34. The highest BCUT2D eigenvalue weighted by molar-refractivity contribution is 8.26. The molecule has 3 aromatic rings. The molecule has 0 spiro atoms. The van der Waals surface area contributed by atoms with Crippen molar-refractivity contribution in [2.75, 3.05) is 49.6 Å². The maximum Gasteiger partial charge on any atom is 0.267 e. The molecule has 2 aliphatic heterocycles. The summed E-state index contributed by atoms with van der Waals surface area (Å²) in [6.45, 7) is 7.58. The lowest BCUT2D eigenvalue weighted by molar-refractivity contribution is -0.122. The first-order valence-electron chi connectivity index (χ1n) is 12.3. The number of methoxy groups -OCH3 is 1. The first kappa shape index (κ1) is 25.3. The molecule has 0 saturated carbocycles. The van der Waals surface area contributed by atoms with E-state index < -0.39 is 0 Å². The van der Waals surface area contributed by atoms with Gasteiger partial charge in [0.2, 0.25) is 0 Å². The molecule has 0 bridgehead atoms. The van der Waals surface area contributed by atoms with Gasteiger partial charge < -0.3 is 14.5 Å². The van der Waals surface area contributed by atoms with Gasteiger partial charge in [-0.15, -0.1) is 0 Å². The van der Waals surface area contributed by atoms with E-state index in [0.29, 0.717) is 45.9 Å². The minimum Gasteiger partial charge on any atom is -0.497 e. The number of aromatic nitrogens is 2. The molecular formula is C27H29N5O3S2. The van der Waals surface area contributed by atoms with Crippen molar-refractivity contribution in [1.82, 2.24) is 14.3 Å². The second kappa shape index (κ2) is 10.5. The van der Waals surface area contributed by atoms with Crippen LogP contribution >= 0.6 is 24.0 Å². The molecule has 0 atom stereocenters. The number of amides is 1. The van der Waals surface area contributed by atoms with Crippen molar-refractivity contribution in [3.63, 3.8) is 0 Å². The number of pyridine rings is 1. The molecule has 2 fully saturated rings. The van der Waals surface area contributed by atoms with Gasteiger partial charge in [0.15, 0.2) is 0 Å². The number of carbonyl (C=O) groups excluding carboxylic acids is 1. The van der Waals surface area contributed by atoms with E-state index in [1.807, 2.05) is 38.1 Å². The lowest BCUT2D eigenvalue weighted by atomic mass is 10.2. The number of hydrogen-bond acceptors (Lipinski definition) is 8. The van der Waals surface area contributed by atoms with Gasteiger partial charge in [0.1, 0.15) is 21.5 Å². The van der Waals surface area contributed by atoms with E-state index in [1.165, 1.54) is 16.2 Å². The summed E-state index contributed by atoms with van der Waals surface area (Å²) in [5, 5.41) is 0. The van der Waals surface area contributed by atoms with Crippen LogP contribution in [0.15, 0.2) is 58.4 Å². The molecule has 0 aliphatic carbocycles. The Morgan fingerprint density at radius 2 is 1.76 bits per heavy atom. The van der Waals surface area contributed by atoms with Gasteiger partial charge in [-0.2, -0.15) is 0 Å². The number of carbonyl (C=O) groups is 1. The molecule has 4 heterocycles. The quantitative estimate of drug-likeness (QED) is 0.348. The zero-order chi connectivity index (χ0) is 26.1. The van der Waals surface area contributed by atoms with Crippen LogP contribution in [-0.4, -0.2) is 64.3 Å². The third kappa shape index (κ3) is 5.08. The molecule has 8 nitrogen and oxygen atoms in total. The molecule has 37 heavy (non-hydrogen) atoms. The average Bonchev–Trinajstić information content (AvgIpc) is 3.17. The second-order valence-corrected chi connectivity index (χ2v) is 11.1. The Kier molecular flexibility index (Phi) is 7.21. The Balaban J connectivity index is 1.48. The summed E-state index contributed by atoms with van der Waals surface area (Å²) >= 11 is 6.72. The Morgan fingerprint density at radius 1 is 1.05 bits per heavy atom. The number of rotatable bonds is 6. The predicted molar refractivity (Wildman–Crippen MR) is 154 cm³/mol. The molecule has 1 amide bonds. The maximum atomic E-state index is 13.6. The number of thioether (sulfide) groups is 1. The van der Waals surface area contributed by atoms with Crippen molar-refractivity contribution < 1.29 is 9.53 Å². The van der Waals surface area contributed by atoms with E-state index in [1.54, 1.807) is 30.3 Å². The summed E-state index contributed by atoms with van der Waals surface area (Å²) in [7, 11) is 1.66. The Labute approximate surface area is 225 Å². The Bertz CT molecular complexity index is 1430. The van der Waals surface area contributed by atoms with Gasteiger partial charge in [-0.3, -0.25) is 18.9 Å². The van der Waals surface area contributed by atoms with E-state index in [0.717, 1.165) is 24.5 Å². The van der Waals surface area contributed by atoms with Gasteiger partial charge in [0, 0.05) is 44.6 Å². The minimum absolute atomic E-state index is 0.156. The Hall–Kier alpha value is -3.37. The summed E-state index contributed by atoms with van der Waals surface area (Å²) in [6.07, 6.45) is 3.39. The minimum atomic E-state index is -0.202. The van der Waals surface area contributed by atoms with Gasteiger partial charge in [-0.1, -0.05) is 43.9 Å². The number of benzene rings is 1. The third-order valence-electron chi connectivity index (χ3n) is 6.46. The molecule has 2 saturated heterocycles. The normalized spacial score (nSPS) is 17.5. The van der Waals surface area contributed by atoms with E-state index in [2.05, 4.69) is 21.9 Å². The molecule has 192 valence electrons. The van der Waals surface area contributed by atoms with Crippen molar-refractivity contribution >= 4 is 57.4 Å². The fraction of sp³-hybridized carbons (Fsp3) is 0.333. The molecule has 5 rings (SSSR count). The molecule has 2 aliphatic rings. The fourth-order valence-corrected chi connectivity index (χ4v) is 5.84. The van der Waals surface area contributed by atoms with Crippen LogP contribution in [0.2, 0.25) is 0 Å². The SMILES string of the molecule is COc1ccc(N2CCN(c3nc4ccccn4c(=O)c3/C=C3\SC(=S)N(CC(C)C)C3=O)CC2)cc1. The molecule has 10 heteroatoms. The highest BCUT2D eigenvalue weighted by atomic mass is 32.2. The van der Waals surface area contributed by atoms with Crippen LogP contribution in [-0.2, 0) is 4.79 Å². The van der Waals surface area contributed by atoms with E-state index >= 15 is 0 Å². The number of nitrogens with zero attached hydrogens (tertiary/aromatic N) is 5. The standard InChI is InChI=1S/C27H29N5O3S2/c1-18(2)17-32-26(34)22(37-27(32)36)16-21-24(28-23-6-4-5-11-31(23)25(21)33)30-14-12-29(13-15-30)19-7-9-20(35-3)10-8-19/h4-11,16,18H,12-15,17H2,1-3H3/b22-16-. The van der Waals surface area contributed by atoms with Crippen LogP contribution in [0, 0.1) is 5.92 Å². The number of anilines is 2. The zero-order valence-corrected chi connectivity index (χ0v) is 22.7. The van der Waals surface area contributed by atoms with Crippen LogP contribution < -0.4 is 20.1 Å². The van der Waals surface area contributed by atoms with Gasteiger partial charge in [0.25, 0.3) is 11.5 Å². The molecular weight excluding hydrogens is 506 g/mol. The van der Waals surface area contributed by atoms with Crippen molar-refractivity contribution in [3.8, 4) is 5.75 Å². The summed E-state index contributed by atoms with van der Waals surface area (Å²) in [5.74, 6) is 1.55. The van der Waals surface area contributed by atoms with Gasteiger partial charge in [-0.05, 0) is 48.4 Å². The second-order valence-electron chi connectivity index (χ2n) is 9.44. The van der Waals surface area contributed by atoms with Gasteiger partial charge in [0.05, 0.1) is 17.6 Å². The first-order valence-corrected chi connectivity index (χ1v) is 13.5. The zero-order valence-electron chi connectivity index (χ0n) is 21.1. The van der Waals surface area contributed by atoms with Crippen LogP contribution in [0.1, 0.15) is 19.4 Å². The number of ether oxygens (including phenoxy) is 1. The Morgan fingerprint density at radius 3 is 2.43 bits per heavy atom. The molecule has 0 N–H and O–H groups in total. The maximum absolute atomic E-state index is 13.6. The number of fused-ring (bicyclic) bond motifs is 1. The summed E-state index contributed by atoms with van der Waals surface area (Å²) in [5.41, 5.74) is 1.91. The van der Waals surface area contributed by atoms with Crippen LogP contribution in [0.25, 0.3) is 11.7 Å². The fourth-order valence-electron chi connectivity index (χ4n) is 4.58. The summed E-state index contributed by atoms with van der Waals surface area (Å²) in [6, 6.07) is 13.5. The monoisotopic (exact) mass is 535 g/mol. The molecule has 0 unspecified atom stereocenters. The summed E-state index contributed by atoms with van der Waals surface area (Å²) < 4.78 is 7.32. The first-order chi connectivity index (χ1) is 17.9. The van der Waals surface area contributed by atoms with Crippen LogP contribution in [0.4, 0.5) is 11.5 Å².